The first-order valence-electron chi connectivity index (χ1n) is 6.05. The van der Waals surface area contributed by atoms with E-state index in [1.807, 2.05) is 6.92 Å². The molecule has 0 fully saturated rings. The van der Waals surface area contributed by atoms with Gasteiger partial charge in [-0.3, -0.25) is 10.1 Å². The fourth-order valence-electron chi connectivity index (χ4n) is 1.84. The van der Waals surface area contributed by atoms with Crippen LogP contribution in [0.5, 0.6) is 0 Å². The Labute approximate surface area is 101 Å². The number of nitrogens with zero attached hydrogens (tertiary/aromatic N) is 3. The van der Waals surface area contributed by atoms with Crippen LogP contribution in [0, 0.1) is 10.1 Å². The zero-order valence-electron chi connectivity index (χ0n) is 10.4. The van der Waals surface area contributed by atoms with Crippen LogP contribution in [0.15, 0.2) is 6.20 Å². The molecule has 0 aliphatic rings. The lowest BCUT2D eigenvalue weighted by Gasteiger charge is -2.12. The smallest absolute Gasteiger partial charge is 0.330 e. The van der Waals surface area contributed by atoms with Crippen LogP contribution in [-0.2, 0) is 0 Å². The molecule has 1 aromatic heterocycles. The summed E-state index contributed by atoms with van der Waals surface area (Å²) in [6.45, 7) is 4.15. The molecule has 0 radical (unpaired) electrons. The predicted molar refractivity (Wildman–Crippen MR) is 66.8 cm³/mol. The monoisotopic (exact) mass is 240 g/mol. The number of hydrogen-bond acceptors (Lipinski definition) is 4. The molecular formula is C11H20N4O2. The van der Waals surface area contributed by atoms with Gasteiger partial charge in [0.25, 0.3) is 0 Å². The van der Waals surface area contributed by atoms with Crippen molar-refractivity contribution in [1.29, 1.82) is 0 Å². The first-order valence-corrected chi connectivity index (χ1v) is 6.05. The zero-order valence-corrected chi connectivity index (χ0v) is 10.4. The fraction of sp³-hybridized carbons (Fsp3) is 0.727. The third-order valence-corrected chi connectivity index (χ3v) is 2.90. The average molecular weight is 240 g/mol. The zero-order chi connectivity index (χ0) is 12.8. The Hall–Kier alpha value is -1.59. The van der Waals surface area contributed by atoms with Crippen molar-refractivity contribution < 1.29 is 4.92 Å². The number of rotatable bonds is 7. The Morgan fingerprint density at radius 2 is 2.24 bits per heavy atom. The second-order valence-corrected chi connectivity index (χ2v) is 4.32. The molecule has 0 bridgehead atoms. The van der Waals surface area contributed by atoms with Crippen LogP contribution in [0.2, 0.25) is 0 Å². The standard InChI is InChI=1S/C11H20N4O2/c1-3-4-5-6-7-9(2)14-11(12)10(8-13-14)15(16)17/h8-9H,3-7,12H2,1-2H3. The lowest BCUT2D eigenvalue weighted by Crippen LogP contribution is -2.10. The Morgan fingerprint density at radius 1 is 1.53 bits per heavy atom. The second-order valence-electron chi connectivity index (χ2n) is 4.32. The van der Waals surface area contributed by atoms with E-state index < -0.39 is 4.92 Å². The van der Waals surface area contributed by atoms with Gasteiger partial charge in [-0.05, 0) is 13.3 Å². The van der Waals surface area contributed by atoms with Crippen LogP contribution in [0.3, 0.4) is 0 Å². The Morgan fingerprint density at radius 3 is 2.76 bits per heavy atom. The summed E-state index contributed by atoms with van der Waals surface area (Å²) in [6, 6.07) is 0.112. The van der Waals surface area contributed by atoms with Crippen molar-refractivity contribution in [3.8, 4) is 0 Å². The third-order valence-electron chi connectivity index (χ3n) is 2.90. The molecule has 6 heteroatoms. The highest BCUT2D eigenvalue weighted by atomic mass is 16.6. The number of nitrogens with two attached hydrogens (primary N) is 1. The topological polar surface area (TPSA) is 87.0 Å². The van der Waals surface area contributed by atoms with Crippen LogP contribution in [-0.4, -0.2) is 14.7 Å². The van der Waals surface area contributed by atoms with Gasteiger partial charge in [-0.25, -0.2) is 4.68 Å². The highest BCUT2D eigenvalue weighted by molar-refractivity contribution is 5.51. The normalized spacial score (nSPS) is 12.6. The molecule has 0 aromatic carbocycles. The van der Waals surface area contributed by atoms with E-state index in [1.54, 1.807) is 4.68 Å². The minimum atomic E-state index is -0.497. The van der Waals surface area contributed by atoms with Crippen LogP contribution >= 0.6 is 0 Å². The first kappa shape index (κ1) is 13.5. The molecule has 6 nitrogen and oxygen atoms in total. The molecule has 1 atom stereocenters. The Kier molecular flexibility index (Phi) is 4.93. The fourth-order valence-corrected chi connectivity index (χ4v) is 1.84. The van der Waals surface area contributed by atoms with E-state index in [0.29, 0.717) is 0 Å². The third kappa shape index (κ3) is 3.44. The molecule has 0 spiro atoms. The van der Waals surface area contributed by atoms with E-state index in [2.05, 4.69) is 12.0 Å². The maximum absolute atomic E-state index is 10.6. The van der Waals surface area contributed by atoms with Gasteiger partial charge < -0.3 is 5.73 Å². The summed E-state index contributed by atoms with van der Waals surface area (Å²) in [5.41, 5.74) is 5.59. The number of nitro groups is 1. The highest BCUT2D eigenvalue weighted by Crippen LogP contribution is 2.25. The SMILES string of the molecule is CCCCCCC(C)n1ncc([N+](=O)[O-])c1N. The summed E-state index contributed by atoms with van der Waals surface area (Å²) in [6.07, 6.45) is 6.87. The van der Waals surface area contributed by atoms with Gasteiger partial charge in [-0.15, -0.1) is 0 Å². The quantitative estimate of drug-likeness (QED) is 0.451. The van der Waals surface area contributed by atoms with E-state index in [9.17, 15) is 10.1 Å². The molecule has 0 saturated heterocycles. The van der Waals surface area contributed by atoms with Crippen LogP contribution < -0.4 is 5.73 Å². The van der Waals surface area contributed by atoms with Gasteiger partial charge in [-0.1, -0.05) is 32.6 Å². The minimum absolute atomic E-state index is 0.106. The molecule has 0 saturated carbocycles. The molecule has 1 aromatic rings. The Balaban J connectivity index is 2.57. The number of unbranched alkanes of at least 4 members (excludes halogenated alkanes) is 3. The maximum Gasteiger partial charge on any atom is 0.330 e. The van der Waals surface area contributed by atoms with Crippen LogP contribution in [0.4, 0.5) is 11.5 Å². The van der Waals surface area contributed by atoms with Crippen molar-refractivity contribution in [1.82, 2.24) is 9.78 Å². The van der Waals surface area contributed by atoms with Crippen molar-refractivity contribution in [2.75, 3.05) is 5.73 Å². The van der Waals surface area contributed by atoms with E-state index in [4.69, 9.17) is 5.73 Å². The van der Waals surface area contributed by atoms with Crippen molar-refractivity contribution in [2.24, 2.45) is 0 Å². The van der Waals surface area contributed by atoms with Crippen molar-refractivity contribution in [2.45, 2.75) is 52.0 Å². The molecule has 1 unspecified atom stereocenters. The van der Waals surface area contributed by atoms with Gasteiger partial charge >= 0.3 is 5.69 Å². The van der Waals surface area contributed by atoms with Crippen LogP contribution in [0.25, 0.3) is 0 Å². The molecule has 0 amide bonds. The van der Waals surface area contributed by atoms with Gasteiger partial charge in [0, 0.05) is 0 Å². The van der Waals surface area contributed by atoms with Gasteiger partial charge in [0.2, 0.25) is 5.82 Å². The number of aromatic nitrogens is 2. The summed E-state index contributed by atoms with van der Waals surface area (Å²) in [7, 11) is 0. The lowest BCUT2D eigenvalue weighted by molar-refractivity contribution is -0.384. The summed E-state index contributed by atoms with van der Waals surface area (Å²) >= 11 is 0. The van der Waals surface area contributed by atoms with E-state index in [-0.39, 0.29) is 17.5 Å². The molecule has 0 aliphatic carbocycles. The maximum atomic E-state index is 10.6. The largest absolute Gasteiger partial charge is 0.378 e. The van der Waals surface area contributed by atoms with E-state index >= 15 is 0 Å². The summed E-state index contributed by atoms with van der Waals surface area (Å²) < 4.78 is 1.55. The van der Waals surface area contributed by atoms with Gasteiger partial charge in [0.05, 0.1) is 11.0 Å². The summed E-state index contributed by atoms with van der Waals surface area (Å²) in [5, 5.41) is 14.6. The van der Waals surface area contributed by atoms with E-state index in [0.717, 1.165) is 12.8 Å². The second kappa shape index (κ2) is 6.22. The van der Waals surface area contributed by atoms with Crippen molar-refractivity contribution in [3.05, 3.63) is 16.3 Å². The average Bonchev–Trinajstić information content (AvgIpc) is 2.66. The van der Waals surface area contributed by atoms with Crippen molar-refractivity contribution >= 4 is 11.5 Å². The van der Waals surface area contributed by atoms with Crippen LogP contribution in [0.1, 0.15) is 52.0 Å². The molecular weight excluding hydrogens is 220 g/mol. The predicted octanol–water partition coefficient (Wildman–Crippen LogP) is 2.90. The lowest BCUT2D eigenvalue weighted by atomic mass is 10.1. The van der Waals surface area contributed by atoms with E-state index in [1.165, 1.54) is 25.5 Å². The van der Waals surface area contributed by atoms with Gasteiger partial charge in [0.15, 0.2) is 0 Å². The Bertz CT molecular complexity index is 376. The summed E-state index contributed by atoms with van der Waals surface area (Å²) in [4.78, 5) is 10.1. The minimum Gasteiger partial charge on any atom is -0.378 e. The number of anilines is 1. The summed E-state index contributed by atoms with van der Waals surface area (Å²) in [5.74, 6) is 0.151. The van der Waals surface area contributed by atoms with Gasteiger partial charge in [0.1, 0.15) is 6.20 Å². The number of nitrogen functional groups attached to an aromatic ring is 1. The van der Waals surface area contributed by atoms with Crippen molar-refractivity contribution in [3.63, 3.8) is 0 Å². The molecule has 17 heavy (non-hydrogen) atoms. The number of hydrogen-bond donors (Lipinski definition) is 1. The molecule has 1 heterocycles. The van der Waals surface area contributed by atoms with Gasteiger partial charge in [-0.2, -0.15) is 5.10 Å². The molecule has 0 aliphatic heterocycles. The molecule has 2 N–H and O–H groups in total. The molecule has 1 rings (SSSR count). The molecule has 96 valence electrons. The highest BCUT2D eigenvalue weighted by Gasteiger charge is 2.20. The first-order chi connectivity index (χ1) is 8.07.